The Morgan fingerprint density at radius 3 is 2.31 bits per heavy atom. The molecule has 1 atom stereocenters. The SMILES string of the molecule is COc1c(F)ccc(-n2c(C)nc(OS(=O)c3ccc(C)cc3)c(C)c2=O)c1F. The van der Waals surface area contributed by atoms with Gasteiger partial charge in [-0.25, -0.2) is 13.0 Å². The van der Waals surface area contributed by atoms with Crippen molar-refractivity contribution in [3.8, 4) is 17.3 Å². The van der Waals surface area contributed by atoms with E-state index in [4.69, 9.17) is 8.92 Å². The maximum absolute atomic E-state index is 14.6. The number of hydrogen-bond donors (Lipinski definition) is 0. The predicted octanol–water partition coefficient (Wildman–Crippen LogP) is 3.55. The lowest BCUT2D eigenvalue weighted by Crippen LogP contribution is -2.26. The number of benzene rings is 2. The van der Waals surface area contributed by atoms with Gasteiger partial charge in [-0.2, -0.15) is 4.98 Å². The summed E-state index contributed by atoms with van der Waals surface area (Å²) in [6.45, 7) is 4.77. The summed E-state index contributed by atoms with van der Waals surface area (Å²) in [4.78, 5) is 17.4. The van der Waals surface area contributed by atoms with Gasteiger partial charge in [-0.05, 0) is 45.0 Å². The molecule has 3 rings (SSSR count). The molecule has 0 saturated heterocycles. The average molecular weight is 420 g/mol. The number of halogens is 2. The fraction of sp³-hybridized carbons (Fsp3) is 0.200. The number of methoxy groups -OCH3 is 1. The second kappa shape index (κ2) is 8.12. The minimum absolute atomic E-state index is 0.0266. The average Bonchev–Trinajstić information content (AvgIpc) is 2.68. The zero-order valence-electron chi connectivity index (χ0n) is 16.2. The topological polar surface area (TPSA) is 70.4 Å². The van der Waals surface area contributed by atoms with Crippen LogP contribution in [0.2, 0.25) is 0 Å². The van der Waals surface area contributed by atoms with Gasteiger partial charge < -0.3 is 8.92 Å². The van der Waals surface area contributed by atoms with E-state index in [0.29, 0.717) is 4.90 Å². The molecule has 0 radical (unpaired) electrons. The molecule has 0 aliphatic heterocycles. The lowest BCUT2D eigenvalue weighted by molar-refractivity contribution is 0.359. The Hall–Kier alpha value is -3.07. The highest BCUT2D eigenvalue weighted by atomic mass is 32.2. The van der Waals surface area contributed by atoms with E-state index < -0.39 is 34.0 Å². The van der Waals surface area contributed by atoms with Gasteiger partial charge in [-0.15, -0.1) is 0 Å². The molecule has 1 unspecified atom stereocenters. The van der Waals surface area contributed by atoms with E-state index in [-0.39, 0.29) is 23.0 Å². The molecule has 29 heavy (non-hydrogen) atoms. The first kappa shape index (κ1) is 20.7. The van der Waals surface area contributed by atoms with Crippen LogP contribution < -0.4 is 14.5 Å². The quantitative estimate of drug-likeness (QED) is 0.631. The predicted molar refractivity (Wildman–Crippen MR) is 104 cm³/mol. The van der Waals surface area contributed by atoms with Crippen molar-refractivity contribution in [3.63, 3.8) is 0 Å². The van der Waals surface area contributed by atoms with Gasteiger partial charge in [0.25, 0.3) is 5.56 Å². The van der Waals surface area contributed by atoms with Gasteiger partial charge >= 0.3 is 0 Å². The van der Waals surface area contributed by atoms with E-state index in [2.05, 4.69) is 4.98 Å². The molecule has 0 spiro atoms. The highest BCUT2D eigenvalue weighted by molar-refractivity contribution is 7.80. The maximum Gasteiger partial charge on any atom is 0.264 e. The lowest BCUT2D eigenvalue weighted by atomic mass is 10.2. The Morgan fingerprint density at radius 1 is 1.03 bits per heavy atom. The van der Waals surface area contributed by atoms with Gasteiger partial charge in [-0.3, -0.25) is 9.36 Å². The van der Waals surface area contributed by atoms with Crippen molar-refractivity contribution in [1.29, 1.82) is 0 Å². The summed E-state index contributed by atoms with van der Waals surface area (Å²) < 4.78 is 51.9. The minimum atomic E-state index is -1.89. The van der Waals surface area contributed by atoms with Crippen LogP contribution in [0.1, 0.15) is 17.0 Å². The van der Waals surface area contributed by atoms with Crippen LogP contribution in [0, 0.1) is 32.4 Å². The molecular formula is C20H18F2N2O4S. The molecule has 0 fully saturated rings. The number of hydrogen-bond acceptors (Lipinski definition) is 5. The molecule has 0 bridgehead atoms. The molecule has 1 aromatic heterocycles. The molecule has 9 heteroatoms. The Kier molecular flexibility index (Phi) is 5.78. The second-order valence-corrected chi connectivity index (χ2v) is 7.38. The highest BCUT2D eigenvalue weighted by Gasteiger charge is 2.21. The van der Waals surface area contributed by atoms with Crippen molar-refractivity contribution in [3.05, 3.63) is 75.3 Å². The normalized spacial score (nSPS) is 11.9. The fourth-order valence-electron chi connectivity index (χ4n) is 2.70. The third kappa shape index (κ3) is 3.91. The van der Waals surface area contributed by atoms with Gasteiger partial charge in [0.2, 0.25) is 17.0 Å². The van der Waals surface area contributed by atoms with E-state index in [9.17, 15) is 17.8 Å². The maximum atomic E-state index is 14.6. The van der Waals surface area contributed by atoms with E-state index in [1.807, 2.05) is 6.92 Å². The summed E-state index contributed by atoms with van der Waals surface area (Å²) in [6, 6.07) is 8.97. The van der Waals surface area contributed by atoms with E-state index in [1.165, 1.54) is 13.8 Å². The number of nitrogens with zero attached hydrogens (tertiary/aromatic N) is 2. The molecule has 3 aromatic rings. The number of ether oxygens (including phenoxy) is 1. The Bertz CT molecular complexity index is 1160. The Labute approximate surface area is 168 Å². The first-order valence-electron chi connectivity index (χ1n) is 8.54. The van der Waals surface area contributed by atoms with Crippen molar-refractivity contribution in [2.24, 2.45) is 0 Å². The number of aromatic nitrogens is 2. The van der Waals surface area contributed by atoms with Crippen LogP contribution in [0.15, 0.2) is 46.1 Å². The van der Waals surface area contributed by atoms with Crippen molar-refractivity contribution in [1.82, 2.24) is 9.55 Å². The summed E-state index contributed by atoms with van der Waals surface area (Å²) in [7, 11) is 1.13. The summed E-state index contributed by atoms with van der Waals surface area (Å²) in [5.41, 5.74) is 0.169. The largest absolute Gasteiger partial charge is 0.491 e. The van der Waals surface area contributed by atoms with Crippen LogP contribution in [0.3, 0.4) is 0 Å². The van der Waals surface area contributed by atoms with Gasteiger partial charge in [-0.1, -0.05) is 17.7 Å². The molecule has 0 N–H and O–H groups in total. The first-order chi connectivity index (χ1) is 13.7. The molecule has 2 aromatic carbocycles. The van der Waals surface area contributed by atoms with E-state index >= 15 is 0 Å². The molecule has 0 aliphatic carbocycles. The van der Waals surface area contributed by atoms with Crippen molar-refractivity contribution in [2.75, 3.05) is 7.11 Å². The van der Waals surface area contributed by atoms with Crippen LogP contribution >= 0.6 is 0 Å². The van der Waals surface area contributed by atoms with Crippen molar-refractivity contribution < 1.29 is 21.9 Å². The van der Waals surface area contributed by atoms with Crippen molar-refractivity contribution >= 4 is 11.1 Å². The highest BCUT2D eigenvalue weighted by Crippen LogP contribution is 2.27. The van der Waals surface area contributed by atoms with E-state index in [0.717, 1.165) is 29.4 Å². The standard InChI is InChI=1S/C20H18F2N2O4S/c1-11-5-7-14(8-6-11)29(26)28-19-12(2)20(25)24(13(3)23-19)16-10-9-15(21)18(27-4)17(16)22/h5-10H,1-4H3. The van der Waals surface area contributed by atoms with Gasteiger partial charge in [0.1, 0.15) is 5.82 Å². The monoisotopic (exact) mass is 420 g/mol. The zero-order valence-corrected chi connectivity index (χ0v) is 17.0. The third-order valence-electron chi connectivity index (χ3n) is 4.27. The summed E-state index contributed by atoms with van der Waals surface area (Å²) >= 11 is -1.89. The van der Waals surface area contributed by atoms with Gasteiger partial charge in [0, 0.05) is 0 Å². The summed E-state index contributed by atoms with van der Waals surface area (Å²) in [6.07, 6.45) is 0. The third-order valence-corrected chi connectivity index (χ3v) is 5.24. The number of aryl methyl sites for hydroxylation is 2. The summed E-state index contributed by atoms with van der Waals surface area (Å²) in [5, 5.41) is 0. The van der Waals surface area contributed by atoms with Crippen LogP contribution in [-0.4, -0.2) is 20.9 Å². The van der Waals surface area contributed by atoms with Crippen LogP contribution in [0.4, 0.5) is 8.78 Å². The molecule has 152 valence electrons. The molecule has 1 heterocycles. The van der Waals surface area contributed by atoms with Crippen LogP contribution in [-0.2, 0) is 11.1 Å². The number of rotatable bonds is 5. The van der Waals surface area contributed by atoms with E-state index in [1.54, 1.807) is 24.3 Å². The zero-order chi connectivity index (χ0) is 21.3. The summed E-state index contributed by atoms with van der Waals surface area (Å²) in [5.74, 6) is -2.58. The Morgan fingerprint density at radius 2 is 1.69 bits per heavy atom. The van der Waals surface area contributed by atoms with Crippen LogP contribution in [0.25, 0.3) is 5.69 Å². The van der Waals surface area contributed by atoms with Crippen LogP contribution in [0.5, 0.6) is 11.6 Å². The molecular weight excluding hydrogens is 402 g/mol. The minimum Gasteiger partial charge on any atom is -0.491 e. The smallest absolute Gasteiger partial charge is 0.264 e. The van der Waals surface area contributed by atoms with Gasteiger partial charge in [0.05, 0.1) is 23.3 Å². The van der Waals surface area contributed by atoms with Crippen molar-refractivity contribution in [2.45, 2.75) is 25.7 Å². The fourth-order valence-corrected chi connectivity index (χ4v) is 3.46. The molecule has 6 nitrogen and oxygen atoms in total. The lowest BCUT2D eigenvalue weighted by Gasteiger charge is -2.15. The molecule has 0 saturated carbocycles. The molecule has 0 aliphatic rings. The molecule has 0 amide bonds. The Balaban J connectivity index is 2.05. The second-order valence-electron chi connectivity index (χ2n) is 6.27. The first-order valence-corrected chi connectivity index (χ1v) is 9.61. The van der Waals surface area contributed by atoms with Gasteiger partial charge in [0.15, 0.2) is 17.4 Å².